The van der Waals surface area contributed by atoms with Crippen LogP contribution < -0.4 is 10.1 Å². The van der Waals surface area contributed by atoms with E-state index in [1.807, 2.05) is 0 Å². The van der Waals surface area contributed by atoms with Crippen LogP contribution in [0.5, 0.6) is 5.75 Å². The normalized spacial score (nSPS) is 15.5. The molecule has 138 valence electrons. The Kier molecular flexibility index (Phi) is 4.22. The molecule has 0 fully saturated rings. The summed E-state index contributed by atoms with van der Waals surface area (Å²) in [7, 11) is 0. The maximum atomic E-state index is 12.6. The predicted octanol–water partition coefficient (Wildman–Crippen LogP) is 2.64. The Balaban J connectivity index is 1.53. The Morgan fingerprint density at radius 1 is 1.33 bits per heavy atom. The number of aromatic nitrogens is 4. The first-order valence-electron chi connectivity index (χ1n) is 7.99. The van der Waals surface area contributed by atoms with Crippen molar-refractivity contribution in [3.05, 3.63) is 53.4 Å². The fraction of sp³-hybridized carbons (Fsp3) is 0.235. The van der Waals surface area contributed by atoms with Gasteiger partial charge in [-0.1, -0.05) is 5.16 Å². The number of amides is 1. The van der Waals surface area contributed by atoms with Crippen molar-refractivity contribution < 1.29 is 22.8 Å². The highest BCUT2D eigenvalue weighted by Crippen LogP contribution is 2.33. The number of carbonyl (C=O) groups is 1. The van der Waals surface area contributed by atoms with Crippen LogP contribution in [0.15, 0.2) is 35.1 Å². The summed E-state index contributed by atoms with van der Waals surface area (Å²) < 4.78 is 35.2. The van der Waals surface area contributed by atoms with E-state index in [0.29, 0.717) is 22.6 Å². The first-order chi connectivity index (χ1) is 13.0. The average molecular weight is 373 g/mol. The largest absolute Gasteiger partial charge is 0.489 e. The number of pyridine rings is 2. The summed E-state index contributed by atoms with van der Waals surface area (Å²) in [6, 6.07) is 4.44. The zero-order chi connectivity index (χ0) is 19.0. The molecule has 0 unspecified atom stereocenters. The Morgan fingerprint density at radius 3 is 2.93 bits per heavy atom. The minimum absolute atomic E-state index is 0.0102. The molecule has 1 amide bonds. The molecular weight excluding hydrogens is 360 g/mol. The summed E-state index contributed by atoms with van der Waals surface area (Å²) in [4.78, 5) is 24.3. The molecule has 3 aromatic rings. The van der Waals surface area contributed by atoms with Gasteiger partial charge in [0.05, 0.1) is 0 Å². The Hall–Kier alpha value is -3.43. The van der Waals surface area contributed by atoms with Crippen LogP contribution in [0.1, 0.15) is 40.1 Å². The van der Waals surface area contributed by atoms with E-state index in [-0.39, 0.29) is 18.3 Å². The summed E-state index contributed by atoms with van der Waals surface area (Å²) in [5.41, 5.74) is 2.13. The Bertz CT molecular complexity index is 1010. The van der Waals surface area contributed by atoms with E-state index < -0.39 is 18.4 Å². The van der Waals surface area contributed by atoms with Crippen molar-refractivity contribution >= 4 is 5.91 Å². The van der Waals surface area contributed by atoms with Crippen molar-refractivity contribution in [2.45, 2.75) is 19.4 Å². The second kappa shape index (κ2) is 6.71. The number of halogens is 2. The molecular formula is C17H13F2N5O3. The van der Waals surface area contributed by atoms with Crippen molar-refractivity contribution in [3.63, 3.8) is 0 Å². The van der Waals surface area contributed by atoms with Crippen LogP contribution in [0, 0.1) is 6.92 Å². The third-order valence-corrected chi connectivity index (χ3v) is 3.97. The molecule has 0 aromatic carbocycles. The van der Waals surface area contributed by atoms with Gasteiger partial charge >= 0.3 is 6.43 Å². The molecule has 1 N–H and O–H groups in total. The SMILES string of the molecule is Cc1cc(C(=O)N[C@@H]2COc3cc(-c4noc(C(F)F)n4)cnc32)ccn1. The lowest BCUT2D eigenvalue weighted by molar-refractivity contribution is 0.0929. The number of hydrogen-bond donors (Lipinski definition) is 1. The second-order valence-corrected chi connectivity index (χ2v) is 5.89. The number of hydrogen-bond acceptors (Lipinski definition) is 7. The molecule has 0 spiro atoms. The Labute approximate surface area is 151 Å². The molecule has 1 aliphatic heterocycles. The summed E-state index contributed by atoms with van der Waals surface area (Å²) in [5, 5.41) is 6.36. The fourth-order valence-corrected chi connectivity index (χ4v) is 2.69. The summed E-state index contributed by atoms with van der Waals surface area (Å²) in [5.74, 6) is -0.618. The highest BCUT2D eigenvalue weighted by molar-refractivity contribution is 5.94. The van der Waals surface area contributed by atoms with Gasteiger partial charge in [-0.05, 0) is 25.1 Å². The van der Waals surface area contributed by atoms with E-state index in [2.05, 4.69) is 29.9 Å². The van der Waals surface area contributed by atoms with Crippen molar-refractivity contribution in [2.75, 3.05) is 6.61 Å². The van der Waals surface area contributed by atoms with Gasteiger partial charge in [0, 0.05) is 29.2 Å². The summed E-state index contributed by atoms with van der Waals surface area (Å²) in [6.07, 6.45) is 0.136. The van der Waals surface area contributed by atoms with Gasteiger partial charge < -0.3 is 14.6 Å². The number of alkyl halides is 2. The molecule has 3 aromatic heterocycles. The quantitative estimate of drug-likeness (QED) is 0.750. The highest BCUT2D eigenvalue weighted by atomic mass is 19.3. The molecule has 0 saturated carbocycles. The number of fused-ring (bicyclic) bond motifs is 1. The van der Waals surface area contributed by atoms with E-state index in [1.165, 1.54) is 6.20 Å². The topological polar surface area (TPSA) is 103 Å². The van der Waals surface area contributed by atoms with Crippen LogP contribution in [0.2, 0.25) is 0 Å². The van der Waals surface area contributed by atoms with Crippen molar-refractivity contribution in [3.8, 4) is 17.1 Å². The maximum absolute atomic E-state index is 12.6. The van der Waals surface area contributed by atoms with Gasteiger partial charge in [0.15, 0.2) is 0 Å². The number of ether oxygens (including phenoxy) is 1. The number of carbonyl (C=O) groups excluding carboxylic acids is 1. The predicted molar refractivity (Wildman–Crippen MR) is 87.2 cm³/mol. The third-order valence-electron chi connectivity index (χ3n) is 3.97. The van der Waals surface area contributed by atoms with Gasteiger partial charge in [0.25, 0.3) is 11.8 Å². The molecule has 10 heteroatoms. The van der Waals surface area contributed by atoms with Gasteiger partial charge in [-0.25, -0.2) is 0 Å². The minimum Gasteiger partial charge on any atom is -0.489 e. The maximum Gasteiger partial charge on any atom is 0.315 e. The molecule has 0 bridgehead atoms. The average Bonchev–Trinajstić information content (AvgIpc) is 3.29. The van der Waals surface area contributed by atoms with Crippen LogP contribution in [0.4, 0.5) is 8.78 Å². The van der Waals surface area contributed by atoms with Crippen molar-refractivity contribution in [1.29, 1.82) is 0 Å². The van der Waals surface area contributed by atoms with Gasteiger partial charge in [0.2, 0.25) is 5.82 Å². The first kappa shape index (κ1) is 17.0. The minimum atomic E-state index is -2.85. The number of rotatable bonds is 4. The highest BCUT2D eigenvalue weighted by Gasteiger charge is 2.29. The van der Waals surface area contributed by atoms with Crippen LogP contribution in [0.25, 0.3) is 11.4 Å². The smallest absolute Gasteiger partial charge is 0.315 e. The standard InChI is InChI=1S/C17H13F2N5O3/c1-8-4-9(2-3-20-8)16(25)22-11-7-26-12-5-10(6-21-13(11)12)15-23-17(14(18)19)27-24-15/h2-6,11,14H,7H2,1H3,(H,22,25)/t11-/m1/s1. The molecule has 0 aliphatic carbocycles. The third kappa shape index (κ3) is 3.33. The molecule has 1 atom stereocenters. The van der Waals surface area contributed by atoms with Gasteiger partial charge in [-0.3, -0.25) is 14.8 Å². The Morgan fingerprint density at radius 2 is 2.19 bits per heavy atom. The van der Waals surface area contributed by atoms with Crippen LogP contribution in [-0.4, -0.2) is 32.6 Å². The van der Waals surface area contributed by atoms with Crippen molar-refractivity contribution in [2.24, 2.45) is 0 Å². The molecule has 4 heterocycles. The molecule has 27 heavy (non-hydrogen) atoms. The first-order valence-corrected chi connectivity index (χ1v) is 7.99. The summed E-state index contributed by atoms with van der Waals surface area (Å²) >= 11 is 0. The van der Waals surface area contributed by atoms with E-state index in [0.717, 1.165) is 5.69 Å². The zero-order valence-electron chi connectivity index (χ0n) is 14.0. The number of aryl methyl sites for hydroxylation is 1. The van der Waals surface area contributed by atoms with E-state index in [1.54, 1.807) is 31.3 Å². The van der Waals surface area contributed by atoms with E-state index >= 15 is 0 Å². The van der Waals surface area contributed by atoms with Crippen LogP contribution >= 0.6 is 0 Å². The lowest BCUT2D eigenvalue weighted by atomic mass is 10.1. The lowest BCUT2D eigenvalue weighted by Gasteiger charge is -2.11. The fourth-order valence-electron chi connectivity index (χ4n) is 2.69. The molecule has 4 rings (SSSR count). The van der Waals surface area contributed by atoms with Gasteiger partial charge in [-0.15, -0.1) is 0 Å². The molecule has 0 saturated heterocycles. The molecule has 0 radical (unpaired) electrons. The van der Waals surface area contributed by atoms with Crippen molar-refractivity contribution in [1.82, 2.24) is 25.4 Å². The molecule has 8 nitrogen and oxygen atoms in total. The van der Waals surface area contributed by atoms with Gasteiger partial charge in [0.1, 0.15) is 24.1 Å². The van der Waals surface area contributed by atoms with Crippen LogP contribution in [0.3, 0.4) is 0 Å². The van der Waals surface area contributed by atoms with E-state index in [9.17, 15) is 13.6 Å². The second-order valence-electron chi connectivity index (χ2n) is 5.89. The van der Waals surface area contributed by atoms with Gasteiger partial charge in [-0.2, -0.15) is 13.8 Å². The summed E-state index contributed by atoms with van der Waals surface area (Å²) in [6.45, 7) is 2.00. The monoisotopic (exact) mass is 373 g/mol. The zero-order valence-corrected chi connectivity index (χ0v) is 14.0. The van der Waals surface area contributed by atoms with E-state index in [4.69, 9.17) is 4.74 Å². The van der Waals surface area contributed by atoms with Crippen LogP contribution in [-0.2, 0) is 0 Å². The lowest BCUT2D eigenvalue weighted by Crippen LogP contribution is -2.29. The molecule has 1 aliphatic rings. The number of nitrogens with zero attached hydrogens (tertiary/aromatic N) is 4. The number of nitrogens with one attached hydrogen (secondary N) is 1.